The molecule has 0 unspecified atom stereocenters. The van der Waals surface area contributed by atoms with Crippen molar-refractivity contribution in [2.75, 3.05) is 13.7 Å². The van der Waals surface area contributed by atoms with Gasteiger partial charge in [-0.2, -0.15) is 0 Å². The quantitative estimate of drug-likeness (QED) is 0.749. The molecule has 72 valence electrons. The molecular weight excluding hydrogens is 190 g/mol. The van der Waals surface area contributed by atoms with E-state index in [1.807, 2.05) is 6.92 Å². The predicted molar refractivity (Wildman–Crippen MR) is 51.1 cm³/mol. The van der Waals surface area contributed by atoms with Crippen molar-refractivity contribution >= 4 is 11.6 Å². The summed E-state index contributed by atoms with van der Waals surface area (Å²) in [5.41, 5.74) is 0.941. The fourth-order valence-corrected chi connectivity index (χ4v) is 1.20. The van der Waals surface area contributed by atoms with Crippen LogP contribution in [0.25, 0.3) is 0 Å². The third-order valence-electron chi connectivity index (χ3n) is 1.46. The summed E-state index contributed by atoms with van der Waals surface area (Å²) in [5.74, 6) is 0.476. The van der Waals surface area contributed by atoms with Crippen molar-refractivity contribution in [1.29, 1.82) is 0 Å². The van der Waals surface area contributed by atoms with Crippen LogP contribution in [-0.4, -0.2) is 18.7 Å². The molecule has 1 heterocycles. The third kappa shape index (κ3) is 2.86. The molecule has 0 aliphatic rings. The predicted octanol–water partition coefficient (Wildman–Crippen LogP) is 2.28. The van der Waals surface area contributed by atoms with Gasteiger partial charge in [0.1, 0.15) is 5.02 Å². The highest BCUT2D eigenvalue weighted by atomic mass is 35.5. The molecule has 1 aromatic rings. The van der Waals surface area contributed by atoms with E-state index in [4.69, 9.17) is 21.1 Å². The Morgan fingerprint density at radius 2 is 2.31 bits per heavy atom. The van der Waals surface area contributed by atoms with Crippen LogP contribution < -0.4 is 4.74 Å². The summed E-state index contributed by atoms with van der Waals surface area (Å²) in [6.45, 7) is 2.97. The number of hydrogen-bond donors (Lipinski definition) is 0. The van der Waals surface area contributed by atoms with E-state index in [0.29, 0.717) is 24.1 Å². The molecule has 0 fully saturated rings. The second kappa shape index (κ2) is 5.04. The summed E-state index contributed by atoms with van der Waals surface area (Å²) in [7, 11) is 1.63. The van der Waals surface area contributed by atoms with Crippen LogP contribution in [0, 0.1) is 0 Å². The number of aromatic nitrogens is 1. The summed E-state index contributed by atoms with van der Waals surface area (Å²) in [6, 6.07) is 1.79. The molecule has 0 N–H and O–H groups in total. The highest BCUT2D eigenvalue weighted by Crippen LogP contribution is 2.22. The molecule has 0 amide bonds. The molecule has 13 heavy (non-hydrogen) atoms. The highest BCUT2D eigenvalue weighted by molar-refractivity contribution is 6.31. The molecule has 0 atom stereocenters. The smallest absolute Gasteiger partial charge is 0.232 e. The summed E-state index contributed by atoms with van der Waals surface area (Å²) in [6.07, 6.45) is 1.69. The highest BCUT2D eigenvalue weighted by Gasteiger charge is 2.03. The fourth-order valence-electron chi connectivity index (χ4n) is 0.954. The van der Waals surface area contributed by atoms with Crippen LogP contribution in [0.15, 0.2) is 12.3 Å². The number of halogens is 1. The average Bonchev–Trinajstić information content (AvgIpc) is 2.10. The van der Waals surface area contributed by atoms with E-state index in [-0.39, 0.29) is 0 Å². The van der Waals surface area contributed by atoms with Gasteiger partial charge in [0.25, 0.3) is 0 Å². The minimum absolute atomic E-state index is 0.476. The summed E-state index contributed by atoms with van der Waals surface area (Å²) >= 11 is 5.90. The molecule has 0 bridgehead atoms. The second-order valence-corrected chi connectivity index (χ2v) is 2.90. The van der Waals surface area contributed by atoms with Gasteiger partial charge < -0.3 is 9.47 Å². The van der Waals surface area contributed by atoms with Crippen LogP contribution in [0.1, 0.15) is 12.5 Å². The second-order valence-electron chi connectivity index (χ2n) is 2.50. The first-order chi connectivity index (χ1) is 6.27. The minimum atomic E-state index is 0.476. The molecule has 4 heteroatoms. The fraction of sp³-hybridized carbons (Fsp3) is 0.444. The van der Waals surface area contributed by atoms with Crippen molar-refractivity contribution in [3.63, 3.8) is 0 Å². The molecule has 0 saturated carbocycles. The first-order valence-corrected chi connectivity index (χ1v) is 4.42. The molecule has 1 aromatic heterocycles. The van der Waals surface area contributed by atoms with Crippen molar-refractivity contribution in [2.45, 2.75) is 13.5 Å². The van der Waals surface area contributed by atoms with E-state index in [9.17, 15) is 0 Å². The Labute approximate surface area is 82.6 Å². The van der Waals surface area contributed by atoms with Gasteiger partial charge in [0.05, 0.1) is 13.2 Å². The Hall–Kier alpha value is -0.800. The Kier molecular flexibility index (Phi) is 3.99. The average molecular weight is 202 g/mol. The summed E-state index contributed by atoms with van der Waals surface area (Å²) in [4.78, 5) is 4.05. The molecule has 0 spiro atoms. The Balaban J connectivity index is 2.79. The molecule has 0 aromatic carbocycles. The van der Waals surface area contributed by atoms with Gasteiger partial charge in [0, 0.05) is 13.3 Å². The van der Waals surface area contributed by atoms with E-state index >= 15 is 0 Å². The van der Waals surface area contributed by atoms with Gasteiger partial charge >= 0.3 is 0 Å². The Morgan fingerprint density at radius 1 is 1.54 bits per heavy atom. The standard InChI is InChI=1S/C9H12ClNO2/c1-3-13-9-8(10)4-7(5-11-9)6-12-2/h4-5H,3,6H2,1-2H3. The third-order valence-corrected chi connectivity index (χ3v) is 1.73. The molecule has 3 nitrogen and oxygen atoms in total. The van der Waals surface area contributed by atoms with Crippen molar-refractivity contribution in [3.8, 4) is 5.88 Å². The van der Waals surface area contributed by atoms with Gasteiger partial charge in [0.15, 0.2) is 0 Å². The molecule has 1 rings (SSSR count). The first kappa shape index (κ1) is 10.3. The number of pyridine rings is 1. The van der Waals surface area contributed by atoms with E-state index in [1.165, 1.54) is 0 Å². The lowest BCUT2D eigenvalue weighted by atomic mass is 10.3. The van der Waals surface area contributed by atoms with Gasteiger partial charge in [-0.1, -0.05) is 11.6 Å². The zero-order valence-corrected chi connectivity index (χ0v) is 8.47. The maximum atomic E-state index is 5.90. The monoisotopic (exact) mass is 201 g/mol. The van der Waals surface area contributed by atoms with Crippen molar-refractivity contribution < 1.29 is 9.47 Å². The number of methoxy groups -OCH3 is 1. The molecule has 0 aliphatic carbocycles. The van der Waals surface area contributed by atoms with Gasteiger partial charge in [-0.15, -0.1) is 0 Å². The van der Waals surface area contributed by atoms with Crippen LogP contribution in [-0.2, 0) is 11.3 Å². The lowest BCUT2D eigenvalue weighted by molar-refractivity contribution is 0.184. The van der Waals surface area contributed by atoms with Crippen molar-refractivity contribution in [2.24, 2.45) is 0 Å². The van der Waals surface area contributed by atoms with E-state index < -0.39 is 0 Å². The lowest BCUT2D eigenvalue weighted by Crippen LogP contribution is -1.97. The lowest BCUT2D eigenvalue weighted by Gasteiger charge is -2.05. The zero-order valence-electron chi connectivity index (χ0n) is 7.71. The zero-order chi connectivity index (χ0) is 9.68. The number of nitrogens with zero attached hydrogens (tertiary/aromatic N) is 1. The summed E-state index contributed by atoms with van der Waals surface area (Å²) < 4.78 is 10.1. The van der Waals surface area contributed by atoms with Crippen LogP contribution >= 0.6 is 11.6 Å². The van der Waals surface area contributed by atoms with E-state index in [2.05, 4.69) is 4.98 Å². The molecular formula is C9H12ClNO2. The normalized spacial score (nSPS) is 10.1. The van der Waals surface area contributed by atoms with E-state index in [1.54, 1.807) is 19.4 Å². The van der Waals surface area contributed by atoms with Crippen molar-refractivity contribution in [1.82, 2.24) is 4.98 Å². The molecule has 0 saturated heterocycles. The molecule has 0 radical (unpaired) electrons. The van der Waals surface area contributed by atoms with Crippen LogP contribution in [0.5, 0.6) is 5.88 Å². The van der Waals surface area contributed by atoms with Crippen LogP contribution in [0.2, 0.25) is 5.02 Å². The van der Waals surface area contributed by atoms with Gasteiger partial charge in [0.2, 0.25) is 5.88 Å². The first-order valence-electron chi connectivity index (χ1n) is 4.04. The molecule has 0 aliphatic heterocycles. The topological polar surface area (TPSA) is 31.4 Å². The van der Waals surface area contributed by atoms with Gasteiger partial charge in [-0.05, 0) is 18.6 Å². The maximum absolute atomic E-state index is 5.90. The number of rotatable bonds is 4. The number of hydrogen-bond acceptors (Lipinski definition) is 3. The Morgan fingerprint density at radius 3 is 2.85 bits per heavy atom. The van der Waals surface area contributed by atoms with Crippen LogP contribution in [0.3, 0.4) is 0 Å². The largest absolute Gasteiger partial charge is 0.477 e. The summed E-state index contributed by atoms with van der Waals surface area (Å²) in [5, 5.41) is 0.524. The SMILES string of the molecule is CCOc1ncc(COC)cc1Cl. The van der Waals surface area contributed by atoms with Gasteiger partial charge in [-0.3, -0.25) is 0 Å². The maximum Gasteiger partial charge on any atom is 0.232 e. The van der Waals surface area contributed by atoms with E-state index in [0.717, 1.165) is 5.56 Å². The number of ether oxygens (including phenoxy) is 2. The van der Waals surface area contributed by atoms with Crippen LogP contribution in [0.4, 0.5) is 0 Å². The van der Waals surface area contributed by atoms with Crippen molar-refractivity contribution in [3.05, 3.63) is 22.8 Å². The minimum Gasteiger partial charge on any atom is -0.477 e. The van der Waals surface area contributed by atoms with Gasteiger partial charge in [-0.25, -0.2) is 4.98 Å². The Bertz CT molecular complexity index is 278.